The molecule has 10 heteroatoms. The Morgan fingerprint density at radius 3 is 2.30 bits per heavy atom. The van der Waals surface area contributed by atoms with Crippen LogP contribution >= 0.6 is 0 Å². The molecule has 1 aromatic heterocycles. The summed E-state index contributed by atoms with van der Waals surface area (Å²) in [4.78, 5) is 42.1. The second-order valence-corrected chi connectivity index (χ2v) is 7.33. The lowest BCUT2D eigenvalue weighted by atomic mass is 9.77. The van der Waals surface area contributed by atoms with Gasteiger partial charge in [0, 0.05) is 31.9 Å². The van der Waals surface area contributed by atoms with Crippen LogP contribution in [0.2, 0.25) is 0 Å². The van der Waals surface area contributed by atoms with Gasteiger partial charge in [-0.25, -0.2) is 9.78 Å². The first-order chi connectivity index (χ1) is 14.0. The zero-order valence-electron chi connectivity index (χ0n) is 16.6. The number of halogens is 3. The van der Waals surface area contributed by atoms with Crippen LogP contribution in [0.1, 0.15) is 35.4 Å². The number of alkyl halides is 3. The summed E-state index contributed by atoms with van der Waals surface area (Å²) >= 11 is 0. The van der Waals surface area contributed by atoms with E-state index in [9.17, 15) is 22.8 Å². The lowest BCUT2D eigenvalue weighted by molar-refractivity contribution is -0.192. The molecular formula is C20H24F3N3O4. The fourth-order valence-electron chi connectivity index (χ4n) is 3.65. The summed E-state index contributed by atoms with van der Waals surface area (Å²) in [5.74, 6) is -2.55. The molecule has 2 aliphatic heterocycles. The van der Waals surface area contributed by atoms with Gasteiger partial charge in [0.15, 0.2) is 0 Å². The Morgan fingerprint density at radius 1 is 1.23 bits per heavy atom. The number of nitrogens with zero attached hydrogens (tertiary/aromatic N) is 3. The summed E-state index contributed by atoms with van der Waals surface area (Å²) in [5, 5.41) is 7.12. The van der Waals surface area contributed by atoms with E-state index in [1.54, 1.807) is 12.1 Å². The second kappa shape index (κ2) is 9.27. The van der Waals surface area contributed by atoms with Gasteiger partial charge in [-0.3, -0.25) is 9.59 Å². The number of likely N-dealkylation sites (tertiary alicyclic amines) is 2. The molecule has 0 radical (unpaired) electrons. The molecule has 2 saturated heterocycles. The molecule has 1 N–H and O–H groups in total. The van der Waals surface area contributed by atoms with Gasteiger partial charge in [0.1, 0.15) is 5.69 Å². The van der Waals surface area contributed by atoms with Crippen LogP contribution in [0, 0.1) is 12.3 Å². The monoisotopic (exact) mass is 427 g/mol. The van der Waals surface area contributed by atoms with Crippen molar-refractivity contribution in [3.05, 3.63) is 42.2 Å². The standard InChI is InChI=1S/C18H23N3O2.C2HF3O2/c1-3-10-21-13-9-18(17(21)23)7-11-20(12-8-18)16(22)15-6-4-5-14(2)19-15;3-2(4,5)1(6)7/h3-6H,1,7-13H2,2H3;(H,6,7). The van der Waals surface area contributed by atoms with Crippen molar-refractivity contribution in [1.29, 1.82) is 0 Å². The van der Waals surface area contributed by atoms with E-state index in [1.807, 2.05) is 28.9 Å². The number of hydrogen-bond acceptors (Lipinski definition) is 4. The van der Waals surface area contributed by atoms with E-state index >= 15 is 0 Å². The molecule has 2 fully saturated rings. The van der Waals surface area contributed by atoms with Gasteiger partial charge >= 0.3 is 12.1 Å². The van der Waals surface area contributed by atoms with Gasteiger partial charge in [0.2, 0.25) is 5.91 Å². The van der Waals surface area contributed by atoms with Crippen LogP contribution in [0.25, 0.3) is 0 Å². The largest absolute Gasteiger partial charge is 0.490 e. The molecule has 3 heterocycles. The van der Waals surface area contributed by atoms with Crippen LogP contribution in [0.15, 0.2) is 30.9 Å². The molecule has 0 bridgehead atoms. The quantitative estimate of drug-likeness (QED) is 0.749. The van der Waals surface area contributed by atoms with Crippen molar-refractivity contribution in [2.24, 2.45) is 5.41 Å². The molecular weight excluding hydrogens is 403 g/mol. The van der Waals surface area contributed by atoms with Crippen LogP contribution in [0.5, 0.6) is 0 Å². The first-order valence-electron chi connectivity index (χ1n) is 9.43. The maximum absolute atomic E-state index is 12.6. The molecule has 0 aliphatic carbocycles. The molecule has 1 spiro atoms. The van der Waals surface area contributed by atoms with Crippen molar-refractivity contribution in [2.75, 3.05) is 26.2 Å². The highest BCUT2D eigenvalue weighted by atomic mass is 19.4. The van der Waals surface area contributed by atoms with Gasteiger partial charge in [-0.1, -0.05) is 12.1 Å². The SMILES string of the molecule is C=CCN1CCC2(CCN(C(=O)c3cccc(C)n3)CC2)C1=O.O=C(O)C(F)(F)F. The van der Waals surface area contributed by atoms with Gasteiger partial charge in [-0.2, -0.15) is 13.2 Å². The van der Waals surface area contributed by atoms with Crippen molar-refractivity contribution in [2.45, 2.75) is 32.4 Å². The number of piperidine rings is 1. The van der Waals surface area contributed by atoms with Crippen LogP contribution in [-0.2, 0) is 9.59 Å². The number of aliphatic carboxylic acids is 1. The van der Waals surface area contributed by atoms with E-state index in [0.717, 1.165) is 31.5 Å². The molecule has 30 heavy (non-hydrogen) atoms. The maximum atomic E-state index is 12.6. The number of aromatic nitrogens is 1. The number of amides is 2. The molecule has 0 atom stereocenters. The number of pyridine rings is 1. The van der Waals surface area contributed by atoms with Crippen molar-refractivity contribution in [1.82, 2.24) is 14.8 Å². The van der Waals surface area contributed by atoms with Crippen LogP contribution < -0.4 is 0 Å². The van der Waals surface area contributed by atoms with Crippen molar-refractivity contribution >= 4 is 17.8 Å². The minimum Gasteiger partial charge on any atom is -0.475 e. The minimum absolute atomic E-state index is 0.0306. The summed E-state index contributed by atoms with van der Waals surface area (Å²) in [6.07, 6.45) is -0.919. The summed E-state index contributed by atoms with van der Waals surface area (Å²) in [6.45, 7) is 8.28. The van der Waals surface area contributed by atoms with Crippen LogP contribution in [0.3, 0.4) is 0 Å². The molecule has 3 rings (SSSR count). The molecule has 2 amide bonds. The normalized spacial score (nSPS) is 18.1. The predicted molar refractivity (Wildman–Crippen MR) is 102 cm³/mol. The zero-order chi connectivity index (χ0) is 22.5. The Balaban J connectivity index is 0.000000396. The molecule has 0 unspecified atom stereocenters. The third-order valence-corrected chi connectivity index (χ3v) is 5.31. The smallest absolute Gasteiger partial charge is 0.475 e. The summed E-state index contributed by atoms with van der Waals surface area (Å²) in [7, 11) is 0. The highest BCUT2D eigenvalue weighted by molar-refractivity contribution is 5.93. The second-order valence-electron chi connectivity index (χ2n) is 7.33. The zero-order valence-corrected chi connectivity index (χ0v) is 16.6. The number of aryl methyl sites for hydroxylation is 1. The number of hydrogen-bond donors (Lipinski definition) is 1. The Bertz CT molecular complexity index is 818. The summed E-state index contributed by atoms with van der Waals surface area (Å²) in [5.41, 5.74) is 1.07. The van der Waals surface area contributed by atoms with E-state index in [0.29, 0.717) is 25.3 Å². The summed E-state index contributed by atoms with van der Waals surface area (Å²) < 4.78 is 31.7. The van der Waals surface area contributed by atoms with Gasteiger partial charge < -0.3 is 14.9 Å². The number of carbonyl (C=O) groups excluding carboxylic acids is 2. The first kappa shape index (κ1) is 23.4. The third-order valence-electron chi connectivity index (χ3n) is 5.31. The minimum atomic E-state index is -5.08. The fourth-order valence-corrected chi connectivity index (χ4v) is 3.65. The van der Waals surface area contributed by atoms with Crippen LogP contribution in [-0.4, -0.2) is 70.0 Å². The average molecular weight is 427 g/mol. The predicted octanol–water partition coefficient (Wildman–Crippen LogP) is 2.66. The van der Waals surface area contributed by atoms with Gasteiger partial charge in [-0.05, 0) is 38.3 Å². The van der Waals surface area contributed by atoms with E-state index in [2.05, 4.69) is 11.6 Å². The molecule has 2 aliphatic rings. The van der Waals surface area contributed by atoms with Gasteiger partial charge in [-0.15, -0.1) is 6.58 Å². The molecule has 0 saturated carbocycles. The average Bonchev–Trinajstić information content (AvgIpc) is 2.98. The first-order valence-corrected chi connectivity index (χ1v) is 9.43. The highest BCUT2D eigenvalue weighted by Crippen LogP contribution is 2.41. The van der Waals surface area contributed by atoms with Crippen molar-refractivity contribution in [3.8, 4) is 0 Å². The number of rotatable bonds is 3. The Hall–Kier alpha value is -2.91. The number of carboxylic acid groups (broad SMARTS) is 1. The molecule has 1 aromatic rings. The molecule has 7 nitrogen and oxygen atoms in total. The topological polar surface area (TPSA) is 90.8 Å². The number of carboxylic acids is 1. The van der Waals surface area contributed by atoms with Crippen molar-refractivity contribution in [3.63, 3.8) is 0 Å². The fraction of sp³-hybridized carbons (Fsp3) is 0.500. The number of carbonyl (C=O) groups is 3. The van der Waals surface area contributed by atoms with E-state index in [-0.39, 0.29) is 17.2 Å². The highest BCUT2D eigenvalue weighted by Gasteiger charge is 2.48. The Kier molecular flexibility index (Phi) is 7.22. The van der Waals surface area contributed by atoms with E-state index in [1.165, 1.54) is 0 Å². The lowest BCUT2D eigenvalue weighted by Crippen LogP contribution is -2.46. The Morgan fingerprint density at radius 2 is 1.80 bits per heavy atom. The van der Waals surface area contributed by atoms with Crippen molar-refractivity contribution < 1.29 is 32.7 Å². The Labute approximate surface area is 172 Å². The maximum Gasteiger partial charge on any atom is 0.490 e. The lowest BCUT2D eigenvalue weighted by Gasteiger charge is -2.37. The van der Waals surface area contributed by atoms with Crippen LogP contribution in [0.4, 0.5) is 13.2 Å². The molecule has 164 valence electrons. The molecule has 0 aromatic carbocycles. The van der Waals surface area contributed by atoms with E-state index < -0.39 is 12.1 Å². The third kappa shape index (κ3) is 5.37. The van der Waals surface area contributed by atoms with Gasteiger partial charge in [0.25, 0.3) is 5.91 Å². The van der Waals surface area contributed by atoms with E-state index in [4.69, 9.17) is 9.90 Å². The summed E-state index contributed by atoms with van der Waals surface area (Å²) in [6, 6.07) is 5.49. The van der Waals surface area contributed by atoms with Gasteiger partial charge in [0.05, 0.1) is 5.41 Å².